The number of halogens is 2. The number of nitrogens with one attached hydrogen (secondary N) is 1. The van der Waals surface area contributed by atoms with Crippen molar-refractivity contribution in [1.82, 2.24) is 10.3 Å². The van der Waals surface area contributed by atoms with E-state index in [4.69, 9.17) is 0 Å². The first-order valence-corrected chi connectivity index (χ1v) is 6.02. The summed E-state index contributed by atoms with van der Waals surface area (Å²) < 4.78 is 0.802. The fraction of sp³-hybridized carbons (Fsp3) is 0.333. The van der Waals surface area contributed by atoms with Crippen LogP contribution in [-0.2, 0) is 0 Å². The van der Waals surface area contributed by atoms with Crippen LogP contribution in [-0.4, -0.2) is 22.3 Å². The van der Waals surface area contributed by atoms with Gasteiger partial charge in [-0.1, -0.05) is 15.9 Å². The third kappa shape index (κ3) is 3.38. The number of carbonyl (C=O) groups excluding carboxylic acids is 1. The molecule has 1 unspecified atom stereocenters. The van der Waals surface area contributed by atoms with Crippen LogP contribution in [0.15, 0.2) is 22.9 Å². The number of nitrogens with zero attached hydrogens (tertiary/aromatic N) is 1. The van der Waals surface area contributed by atoms with E-state index in [-0.39, 0.29) is 11.9 Å². The molecule has 0 aliphatic carbocycles. The molecule has 1 rings (SSSR count). The zero-order chi connectivity index (χ0) is 10.6. The Kier molecular flexibility index (Phi) is 4.54. The van der Waals surface area contributed by atoms with Gasteiger partial charge in [0, 0.05) is 28.2 Å². The van der Waals surface area contributed by atoms with Gasteiger partial charge in [-0.2, -0.15) is 0 Å². The molecule has 76 valence electrons. The van der Waals surface area contributed by atoms with Crippen LogP contribution in [0.5, 0.6) is 0 Å². The summed E-state index contributed by atoms with van der Waals surface area (Å²) in [4.78, 5) is 15.5. The fourth-order valence-corrected chi connectivity index (χ4v) is 1.41. The largest absolute Gasteiger partial charge is 0.349 e. The number of rotatable bonds is 3. The van der Waals surface area contributed by atoms with Crippen molar-refractivity contribution in [2.75, 3.05) is 5.33 Å². The molecular formula is C9H10Br2N2O. The average Bonchev–Trinajstić information content (AvgIpc) is 2.17. The summed E-state index contributed by atoms with van der Waals surface area (Å²) >= 11 is 6.55. The second-order valence-electron chi connectivity index (χ2n) is 2.92. The highest BCUT2D eigenvalue weighted by atomic mass is 79.9. The van der Waals surface area contributed by atoms with Crippen LogP contribution >= 0.6 is 31.9 Å². The fourth-order valence-electron chi connectivity index (χ4n) is 0.882. The molecule has 1 aromatic heterocycles. The smallest absolute Gasteiger partial charge is 0.253 e. The minimum absolute atomic E-state index is 0.106. The van der Waals surface area contributed by atoms with Gasteiger partial charge in [-0.3, -0.25) is 9.78 Å². The zero-order valence-corrected chi connectivity index (χ0v) is 10.8. The van der Waals surface area contributed by atoms with Crippen molar-refractivity contribution in [1.29, 1.82) is 0 Å². The Morgan fingerprint density at radius 3 is 2.93 bits per heavy atom. The molecule has 1 heterocycles. The normalized spacial score (nSPS) is 12.2. The molecule has 0 spiro atoms. The molecule has 1 aromatic rings. The molecule has 14 heavy (non-hydrogen) atoms. The number of pyridine rings is 1. The van der Waals surface area contributed by atoms with Crippen LogP contribution in [0.1, 0.15) is 17.3 Å². The molecule has 5 heteroatoms. The van der Waals surface area contributed by atoms with Gasteiger partial charge in [-0.15, -0.1) is 0 Å². The molecule has 1 amide bonds. The molecule has 0 aliphatic rings. The van der Waals surface area contributed by atoms with Crippen molar-refractivity contribution in [2.24, 2.45) is 0 Å². The topological polar surface area (TPSA) is 42.0 Å². The number of hydrogen-bond donors (Lipinski definition) is 1. The van der Waals surface area contributed by atoms with Gasteiger partial charge in [0.1, 0.15) is 0 Å². The van der Waals surface area contributed by atoms with Crippen LogP contribution in [0.4, 0.5) is 0 Å². The van der Waals surface area contributed by atoms with E-state index in [1.54, 1.807) is 18.5 Å². The van der Waals surface area contributed by atoms with E-state index in [9.17, 15) is 4.79 Å². The molecule has 0 aliphatic heterocycles. The van der Waals surface area contributed by atoms with E-state index < -0.39 is 0 Å². The first kappa shape index (κ1) is 11.7. The minimum atomic E-state index is -0.106. The van der Waals surface area contributed by atoms with Gasteiger partial charge >= 0.3 is 0 Å². The maximum Gasteiger partial charge on any atom is 0.253 e. The number of amides is 1. The monoisotopic (exact) mass is 320 g/mol. The van der Waals surface area contributed by atoms with Gasteiger partial charge in [-0.25, -0.2) is 0 Å². The molecule has 0 bridgehead atoms. The highest BCUT2D eigenvalue weighted by molar-refractivity contribution is 9.10. The van der Waals surface area contributed by atoms with E-state index in [1.807, 2.05) is 6.92 Å². The summed E-state index contributed by atoms with van der Waals surface area (Å²) in [7, 11) is 0. The Bertz CT molecular complexity index is 330. The Hall–Kier alpha value is -0.420. The van der Waals surface area contributed by atoms with E-state index in [0.29, 0.717) is 5.56 Å². The maximum atomic E-state index is 11.6. The molecule has 0 saturated heterocycles. The van der Waals surface area contributed by atoms with Crippen molar-refractivity contribution in [3.8, 4) is 0 Å². The number of aromatic nitrogens is 1. The Morgan fingerprint density at radius 2 is 2.36 bits per heavy atom. The average molecular weight is 322 g/mol. The zero-order valence-electron chi connectivity index (χ0n) is 7.63. The van der Waals surface area contributed by atoms with Crippen LogP contribution in [0.25, 0.3) is 0 Å². The molecule has 1 N–H and O–H groups in total. The second-order valence-corrected chi connectivity index (χ2v) is 4.48. The van der Waals surface area contributed by atoms with E-state index >= 15 is 0 Å². The lowest BCUT2D eigenvalue weighted by Gasteiger charge is -2.10. The Balaban J connectivity index is 2.70. The van der Waals surface area contributed by atoms with Gasteiger partial charge in [-0.05, 0) is 28.9 Å². The van der Waals surface area contributed by atoms with E-state index in [0.717, 1.165) is 9.80 Å². The lowest BCUT2D eigenvalue weighted by atomic mass is 10.2. The third-order valence-corrected chi connectivity index (χ3v) is 2.98. The summed E-state index contributed by atoms with van der Waals surface area (Å²) in [6.45, 7) is 1.93. The van der Waals surface area contributed by atoms with Gasteiger partial charge in [0.2, 0.25) is 0 Å². The van der Waals surface area contributed by atoms with Crippen molar-refractivity contribution < 1.29 is 4.79 Å². The van der Waals surface area contributed by atoms with Crippen LogP contribution in [0.2, 0.25) is 0 Å². The first-order valence-electron chi connectivity index (χ1n) is 4.11. The van der Waals surface area contributed by atoms with Crippen molar-refractivity contribution >= 4 is 37.8 Å². The maximum absolute atomic E-state index is 11.6. The predicted octanol–water partition coefficient (Wildman–Crippen LogP) is 2.36. The summed E-state index contributed by atoms with van der Waals surface area (Å²) in [5.74, 6) is -0.106. The molecule has 3 nitrogen and oxygen atoms in total. The van der Waals surface area contributed by atoms with Crippen LogP contribution in [0, 0.1) is 0 Å². The molecule has 0 radical (unpaired) electrons. The van der Waals surface area contributed by atoms with Crippen molar-refractivity contribution in [3.05, 3.63) is 28.5 Å². The minimum Gasteiger partial charge on any atom is -0.349 e. The quantitative estimate of drug-likeness (QED) is 0.868. The Morgan fingerprint density at radius 1 is 1.64 bits per heavy atom. The highest BCUT2D eigenvalue weighted by Gasteiger charge is 2.08. The van der Waals surface area contributed by atoms with E-state index in [1.165, 1.54) is 0 Å². The summed E-state index contributed by atoms with van der Waals surface area (Å²) in [5, 5.41) is 3.56. The van der Waals surface area contributed by atoms with Gasteiger partial charge in [0.15, 0.2) is 0 Å². The SMILES string of the molecule is CC(CBr)NC(=O)c1cncc(Br)c1. The summed E-state index contributed by atoms with van der Waals surface area (Å²) in [6, 6.07) is 1.85. The molecule has 0 saturated carbocycles. The predicted molar refractivity (Wildman–Crippen MR) is 62.7 cm³/mol. The lowest BCUT2D eigenvalue weighted by Crippen LogP contribution is -2.33. The van der Waals surface area contributed by atoms with Crippen LogP contribution < -0.4 is 5.32 Å². The first-order chi connectivity index (χ1) is 6.63. The third-order valence-electron chi connectivity index (χ3n) is 1.58. The summed E-state index contributed by atoms with van der Waals surface area (Å²) in [6.07, 6.45) is 3.19. The lowest BCUT2D eigenvalue weighted by molar-refractivity contribution is 0.0943. The highest BCUT2D eigenvalue weighted by Crippen LogP contribution is 2.09. The second kappa shape index (κ2) is 5.46. The molecular weight excluding hydrogens is 312 g/mol. The van der Waals surface area contributed by atoms with Gasteiger partial charge in [0.25, 0.3) is 5.91 Å². The number of hydrogen-bond acceptors (Lipinski definition) is 2. The van der Waals surface area contributed by atoms with Crippen LogP contribution in [0.3, 0.4) is 0 Å². The molecule has 0 aromatic carbocycles. The number of carbonyl (C=O) groups is 1. The summed E-state index contributed by atoms with van der Waals surface area (Å²) in [5.41, 5.74) is 0.562. The van der Waals surface area contributed by atoms with E-state index in [2.05, 4.69) is 42.2 Å². The molecule has 0 fully saturated rings. The Labute approximate surface area is 99.6 Å². The molecule has 1 atom stereocenters. The van der Waals surface area contributed by atoms with Gasteiger partial charge in [0.05, 0.1) is 5.56 Å². The van der Waals surface area contributed by atoms with Crippen molar-refractivity contribution in [3.63, 3.8) is 0 Å². The standard InChI is InChI=1S/C9H10Br2N2O/c1-6(3-10)13-9(14)7-2-8(11)5-12-4-7/h2,4-6H,3H2,1H3,(H,13,14). The van der Waals surface area contributed by atoms with Gasteiger partial charge < -0.3 is 5.32 Å². The number of alkyl halides is 1. The van der Waals surface area contributed by atoms with Crippen molar-refractivity contribution in [2.45, 2.75) is 13.0 Å².